The van der Waals surface area contributed by atoms with Crippen molar-refractivity contribution in [2.75, 3.05) is 10.6 Å². The van der Waals surface area contributed by atoms with Crippen molar-refractivity contribution >= 4 is 62.3 Å². The lowest BCUT2D eigenvalue weighted by molar-refractivity contribution is -0.132. The van der Waals surface area contributed by atoms with Crippen molar-refractivity contribution in [1.82, 2.24) is 0 Å². The molecular formula is C15H11BrCl2N2O2. The molecule has 114 valence electrons. The number of benzene rings is 2. The lowest BCUT2D eigenvalue weighted by Crippen LogP contribution is -2.29. The highest BCUT2D eigenvalue weighted by Crippen LogP contribution is 2.29. The number of carbonyl (C=O) groups excluding carboxylic acids is 2. The van der Waals surface area contributed by atoms with E-state index in [1.54, 1.807) is 36.4 Å². The van der Waals surface area contributed by atoms with Crippen LogP contribution in [0.2, 0.25) is 10.0 Å². The Labute approximate surface area is 145 Å². The second kappa shape index (κ2) is 7.13. The normalized spacial score (nSPS) is 10.2. The lowest BCUT2D eigenvalue weighted by Gasteiger charge is -2.10. The lowest BCUT2D eigenvalue weighted by atomic mass is 10.2. The van der Waals surface area contributed by atoms with Crippen molar-refractivity contribution in [3.8, 4) is 0 Å². The molecule has 0 aromatic heterocycles. The summed E-state index contributed by atoms with van der Waals surface area (Å²) in [6, 6.07) is 10.00. The number of hydrogen-bond donors (Lipinski definition) is 2. The molecule has 0 aliphatic heterocycles. The topological polar surface area (TPSA) is 58.2 Å². The predicted octanol–water partition coefficient (Wildman–Crippen LogP) is 4.64. The van der Waals surface area contributed by atoms with Crippen LogP contribution >= 0.6 is 39.1 Å². The van der Waals surface area contributed by atoms with Gasteiger partial charge < -0.3 is 10.6 Å². The first kappa shape index (κ1) is 16.8. The Hall–Kier alpha value is -1.56. The van der Waals surface area contributed by atoms with Gasteiger partial charge in [0.25, 0.3) is 0 Å². The Morgan fingerprint density at radius 2 is 1.59 bits per heavy atom. The van der Waals surface area contributed by atoms with E-state index in [9.17, 15) is 9.59 Å². The number of halogens is 3. The predicted molar refractivity (Wildman–Crippen MR) is 92.6 cm³/mol. The van der Waals surface area contributed by atoms with Gasteiger partial charge in [-0.15, -0.1) is 0 Å². The highest BCUT2D eigenvalue weighted by atomic mass is 79.9. The minimum absolute atomic E-state index is 0.206. The fourth-order valence-corrected chi connectivity index (χ4v) is 2.44. The van der Waals surface area contributed by atoms with Gasteiger partial charge in [-0.3, -0.25) is 9.59 Å². The molecule has 7 heteroatoms. The van der Waals surface area contributed by atoms with Gasteiger partial charge in [-0.2, -0.15) is 0 Å². The van der Waals surface area contributed by atoms with Gasteiger partial charge in [-0.05, 0) is 42.8 Å². The fraction of sp³-hybridized carbons (Fsp3) is 0.0667. The summed E-state index contributed by atoms with van der Waals surface area (Å²) in [6.45, 7) is 1.88. The molecule has 22 heavy (non-hydrogen) atoms. The molecule has 0 saturated carbocycles. The van der Waals surface area contributed by atoms with Crippen LogP contribution in [0.25, 0.3) is 0 Å². The molecule has 0 heterocycles. The zero-order valence-electron chi connectivity index (χ0n) is 11.4. The Bertz CT molecular complexity index is 730. The second-order valence-electron chi connectivity index (χ2n) is 4.47. The van der Waals surface area contributed by atoms with Gasteiger partial charge in [0.15, 0.2) is 0 Å². The van der Waals surface area contributed by atoms with Crippen molar-refractivity contribution in [1.29, 1.82) is 0 Å². The molecular weight excluding hydrogens is 391 g/mol. The first-order chi connectivity index (χ1) is 10.4. The molecule has 0 spiro atoms. The van der Waals surface area contributed by atoms with Crippen LogP contribution in [0.4, 0.5) is 11.4 Å². The van der Waals surface area contributed by atoms with Crippen LogP contribution < -0.4 is 10.6 Å². The number of carbonyl (C=O) groups is 2. The average molecular weight is 402 g/mol. The molecule has 2 amide bonds. The molecule has 0 radical (unpaired) electrons. The van der Waals surface area contributed by atoms with Crippen LogP contribution in [0.3, 0.4) is 0 Å². The zero-order chi connectivity index (χ0) is 16.3. The number of hydrogen-bond acceptors (Lipinski definition) is 2. The Kier molecular flexibility index (Phi) is 5.45. The van der Waals surface area contributed by atoms with Crippen molar-refractivity contribution in [3.63, 3.8) is 0 Å². The summed E-state index contributed by atoms with van der Waals surface area (Å²) in [5.41, 5.74) is 1.66. The smallest absolute Gasteiger partial charge is 0.314 e. The third-order valence-electron chi connectivity index (χ3n) is 2.82. The summed E-state index contributed by atoms with van der Waals surface area (Å²) in [4.78, 5) is 23.8. The summed E-state index contributed by atoms with van der Waals surface area (Å²) in [7, 11) is 0. The minimum atomic E-state index is -0.851. The van der Waals surface area contributed by atoms with Gasteiger partial charge in [0.1, 0.15) is 0 Å². The summed E-state index contributed by atoms with van der Waals surface area (Å²) >= 11 is 15.2. The number of aryl methyl sites for hydroxylation is 1. The number of amides is 2. The van der Waals surface area contributed by atoms with Crippen LogP contribution in [0, 0.1) is 6.92 Å². The third kappa shape index (κ3) is 4.00. The number of para-hydroxylation sites is 1. The molecule has 0 unspecified atom stereocenters. The number of nitrogens with one attached hydrogen (secondary N) is 2. The van der Waals surface area contributed by atoms with E-state index < -0.39 is 11.8 Å². The van der Waals surface area contributed by atoms with E-state index in [1.165, 1.54) is 0 Å². The van der Waals surface area contributed by atoms with E-state index in [4.69, 9.17) is 23.2 Å². The Morgan fingerprint density at radius 1 is 1.00 bits per heavy atom. The van der Waals surface area contributed by atoms with E-state index in [0.29, 0.717) is 5.69 Å². The molecule has 0 atom stereocenters. The zero-order valence-corrected chi connectivity index (χ0v) is 14.5. The van der Waals surface area contributed by atoms with Gasteiger partial charge in [0.2, 0.25) is 0 Å². The van der Waals surface area contributed by atoms with Crippen LogP contribution in [-0.4, -0.2) is 11.8 Å². The maximum absolute atomic E-state index is 11.9. The molecule has 2 rings (SSSR count). The van der Waals surface area contributed by atoms with E-state index >= 15 is 0 Å². The molecule has 4 nitrogen and oxygen atoms in total. The van der Waals surface area contributed by atoms with E-state index in [1.807, 2.05) is 6.92 Å². The molecule has 0 fully saturated rings. The third-order valence-corrected chi connectivity index (χ3v) is 4.34. The Morgan fingerprint density at radius 3 is 2.18 bits per heavy atom. The van der Waals surface area contributed by atoms with Gasteiger partial charge >= 0.3 is 11.8 Å². The standard InChI is InChI=1S/C15H11BrCl2N2O2/c1-8-7-9(5-6-10(8)16)19-14(21)15(22)20-13-11(17)3-2-4-12(13)18/h2-7H,1H3,(H,19,21)(H,20,22). The van der Waals surface area contributed by atoms with Crippen LogP contribution in [0.15, 0.2) is 40.9 Å². The van der Waals surface area contributed by atoms with Crippen molar-refractivity contribution < 1.29 is 9.59 Å². The van der Waals surface area contributed by atoms with E-state index in [-0.39, 0.29) is 15.7 Å². The first-order valence-corrected chi connectivity index (χ1v) is 7.76. The second-order valence-corrected chi connectivity index (χ2v) is 6.14. The van der Waals surface area contributed by atoms with Crippen LogP contribution in [0.5, 0.6) is 0 Å². The summed E-state index contributed by atoms with van der Waals surface area (Å²) < 4.78 is 0.915. The highest BCUT2D eigenvalue weighted by Gasteiger charge is 2.17. The van der Waals surface area contributed by atoms with Gasteiger partial charge in [-0.1, -0.05) is 45.2 Å². The largest absolute Gasteiger partial charge is 0.318 e. The maximum atomic E-state index is 11.9. The SMILES string of the molecule is Cc1cc(NC(=O)C(=O)Nc2c(Cl)cccc2Cl)ccc1Br. The monoisotopic (exact) mass is 400 g/mol. The van der Waals surface area contributed by atoms with Gasteiger partial charge in [0, 0.05) is 10.2 Å². The molecule has 2 aromatic carbocycles. The Balaban J connectivity index is 2.09. The number of anilines is 2. The summed E-state index contributed by atoms with van der Waals surface area (Å²) in [5.74, 6) is -1.66. The van der Waals surface area contributed by atoms with E-state index in [0.717, 1.165) is 10.0 Å². The van der Waals surface area contributed by atoms with Crippen molar-refractivity contribution in [2.45, 2.75) is 6.92 Å². The quantitative estimate of drug-likeness (QED) is 0.720. The van der Waals surface area contributed by atoms with Gasteiger partial charge in [-0.25, -0.2) is 0 Å². The first-order valence-electron chi connectivity index (χ1n) is 6.21. The molecule has 2 aromatic rings. The summed E-state index contributed by atoms with van der Waals surface area (Å²) in [6.07, 6.45) is 0. The number of rotatable bonds is 2. The molecule has 0 bridgehead atoms. The minimum Gasteiger partial charge on any atom is -0.318 e. The molecule has 0 saturated heterocycles. The van der Waals surface area contributed by atoms with Crippen molar-refractivity contribution in [2.24, 2.45) is 0 Å². The molecule has 0 aliphatic rings. The van der Waals surface area contributed by atoms with Crippen molar-refractivity contribution in [3.05, 3.63) is 56.5 Å². The average Bonchev–Trinajstić information content (AvgIpc) is 2.46. The van der Waals surface area contributed by atoms with Gasteiger partial charge in [0.05, 0.1) is 15.7 Å². The highest BCUT2D eigenvalue weighted by molar-refractivity contribution is 9.10. The molecule has 0 aliphatic carbocycles. The van der Waals surface area contributed by atoms with E-state index in [2.05, 4.69) is 26.6 Å². The van der Waals surface area contributed by atoms with Crippen LogP contribution in [-0.2, 0) is 9.59 Å². The maximum Gasteiger partial charge on any atom is 0.314 e. The molecule has 2 N–H and O–H groups in total. The van der Waals surface area contributed by atoms with Crippen LogP contribution in [0.1, 0.15) is 5.56 Å². The fourth-order valence-electron chi connectivity index (χ4n) is 1.70. The summed E-state index contributed by atoms with van der Waals surface area (Å²) in [5, 5.41) is 5.43.